The van der Waals surface area contributed by atoms with Crippen molar-refractivity contribution >= 4 is 57.9 Å². The minimum Gasteiger partial charge on any atom is -0.369 e. The van der Waals surface area contributed by atoms with E-state index in [1.807, 2.05) is 11.5 Å². The minimum absolute atomic E-state index is 0.0987. The molecule has 2 fully saturated rings. The number of nitrogens with zero attached hydrogens (tertiary/aromatic N) is 4. The van der Waals surface area contributed by atoms with Gasteiger partial charge in [-0.1, -0.05) is 30.1 Å². The molecule has 2 aliphatic rings. The summed E-state index contributed by atoms with van der Waals surface area (Å²) in [6.45, 7) is 1.86. The molecule has 2 aromatic heterocycles. The van der Waals surface area contributed by atoms with E-state index in [1.165, 1.54) is 0 Å². The number of hydrogen-bond donors (Lipinski definition) is 3. The number of carbonyl (C=O) groups is 1. The highest BCUT2D eigenvalue weighted by atomic mass is 35.5. The standard InChI is InChI=1S/C24H26Cl2F3N7O/c1-23(20(30)37)7-5-14(6-8-23)36-19-17(11-31-21(35-19)32-13-3-2-4-13)33-22(36)34-18-15(25)9-12(10-16(18)26)24(27,28)29/h9-11,13-14H,2-8H2,1H3,(H2,30,37)(H,33,34)(H,31,32,35)/t14-,23-. The van der Waals surface area contributed by atoms with Crippen molar-refractivity contribution in [2.24, 2.45) is 11.1 Å². The predicted octanol–water partition coefficient (Wildman–Crippen LogP) is 6.47. The summed E-state index contributed by atoms with van der Waals surface area (Å²) < 4.78 is 41.6. The summed E-state index contributed by atoms with van der Waals surface area (Å²) in [5.74, 6) is 0.465. The second-order valence-corrected chi connectivity index (χ2v) is 10.9. The second-order valence-electron chi connectivity index (χ2n) is 10.1. The lowest BCUT2D eigenvalue weighted by atomic mass is 9.73. The van der Waals surface area contributed by atoms with Gasteiger partial charge in [0.1, 0.15) is 5.52 Å². The Labute approximate surface area is 221 Å². The third-order valence-electron chi connectivity index (χ3n) is 7.50. The Hall–Kier alpha value is -2.79. The molecule has 0 bridgehead atoms. The van der Waals surface area contributed by atoms with Gasteiger partial charge < -0.3 is 16.4 Å². The number of anilines is 3. The van der Waals surface area contributed by atoms with Crippen molar-refractivity contribution in [3.8, 4) is 0 Å². The van der Waals surface area contributed by atoms with Crippen LogP contribution in [0, 0.1) is 5.41 Å². The summed E-state index contributed by atoms with van der Waals surface area (Å²) in [6, 6.07) is 1.87. The monoisotopic (exact) mass is 555 g/mol. The number of carbonyl (C=O) groups excluding carboxylic acids is 1. The van der Waals surface area contributed by atoms with Crippen LogP contribution in [-0.2, 0) is 11.0 Å². The van der Waals surface area contributed by atoms with Crippen molar-refractivity contribution in [1.29, 1.82) is 0 Å². The van der Waals surface area contributed by atoms with Gasteiger partial charge in [-0.2, -0.15) is 18.2 Å². The number of hydrogen-bond acceptors (Lipinski definition) is 6. The number of primary amides is 1. The number of rotatable bonds is 6. The Balaban J connectivity index is 1.55. The summed E-state index contributed by atoms with van der Waals surface area (Å²) in [5.41, 5.74) is 5.26. The van der Waals surface area contributed by atoms with Gasteiger partial charge in [0, 0.05) is 17.5 Å². The van der Waals surface area contributed by atoms with Crippen LogP contribution in [0.5, 0.6) is 0 Å². The first-order valence-electron chi connectivity index (χ1n) is 12.1. The van der Waals surface area contributed by atoms with E-state index in [-0.39, 0.29) is 27.7 Å². The van der Waals surface area contributed by atoms with Crippen molar-refractivity contribution in [2.75, 3.05) is 10.6 Å². The van der Waals surface area contributed by atoms with Crippen LogP contribution in [0.3, 0.4) is 0 Å². The number of benzene rings is 1. The van der Waals surface area contributed by atoms with E-state index in [0.29, 0.717) is 54.8 Å². The van der Waals surface area contributed by atoms with Crippen molar-refractivity contribution in [2.45, 2.75) is 70.1 Å². The SMILES string of the molecule is C[C@]1(C(N)=O)CC[C@H](n2c(Nc3c(Cl)cc(C(F)(F)F)cc3Cl)nc3cnc(NC4CCC4)nc32)CC1. The lowest BCUT2D eigenvalue weighted by Gasteiger charge is -2.35. The number of amides is 1. The van der Waals surface area contributed by atoms with Crippen LogP contribution in [0.15, 0.2) is 18.3 Å². The molecule has 13 heteroatoms. The fraction of sp³-hybridized carbons (Fsp3) is 0.500. The smallest absolute Gasteiger partial charge is 0.369 e. The number of imidazole rings is 1. The molecule has 1 amide bonds. The van der Waals surface area contributed by atoms with Gasteiger partial charge in [0.15, 0.2) is 5.65 Å². The molecule has 2 heterocycles. The molecule has 0 spiro atoms. The van der Waals surface area contributed by atoms with Crippen molar-refractivity contribution in [3.63, 3.8) is 0 Å². The van der Waals surface area contributed by atoms with Gasteiger partial charge in [0.25, 0.3) is 0 Å². The van der Waals surface area contributed by atoms with Crippen molar-refractivity contribution in [1.82, 2.24) is 19.5 Å². The summed E-state index contributed by atoms with van der Waals surface area (Å²) in [4.78, 5) is 25.7. The van der Waals surface area contributed by atoms with Crippen LogP contribution >= 0.6 is 23.2 Å². The Morgan fingerprint density at radius 3 is 2.32 bits per heavy atom. The van der Waals surface area contributed by atoms with Gasteiger partial charge in [0.2, 0.25) is 17.8 Å². The summed E-state index contributed by atoms with van der Waals surface area (Å²) in [7, 11) is 0. The molecule has 0 saturated heterocycles. The molecule has 0 unspecified atom stereocenters. The maximum Gasteiger partial charge on any atom is 0.416 e. The molecule has 4 N–H and O–H groups in total. The molecule has 3 aromatic rings. The molecule has 1 aromatic carbocycles. The third kappa shape index (κ3) is 5.03. The van der Waals surface area contributed by atoms with Gasteiger partial charge in [-0.15, -0.1) is 0 Å². The molecule has 5 rings (SSSR count). The first-order valence-corrected chi connectivity index (χ1v) is 12.8. The minimum atomic E-state index is -4.59. The highest BCUT2D eigenvalue weighted by Crippen LogP contribution is 2.44. The Bertz CT molecular complexity index is 1330. The number of alkyl halides is 3. The van der Waals surface area contributed by atoms with Crippen molar-refractivity contribution in [3.05, 3.63) is 33.9 Å². The quantitative estimate of drug-likeness (QED) is 0.321. The Morgan fingerprint density at radius 1 is 1.14 bits per heavy atom. The van der Waals surface area contributed by atoms with E-state index in [2.05, 4.69) is 20.6 Å². The van der Waals surface area contributed by atoms with Gasteiger partial charge in [0.05, 0.1) is 27.5 Å². The van der Waals surface area contributed by atoms with E-state index < -0.39 is 17.2 Å². The largest absolute Gasteiger partial charge is 0.416 e. The lowest BCUT2D eigenvalue weighted by Crippen LogP contribution is -2.38. The van der Waals surface area contributed by atoms with Gasteiger partial charge >= 0.3 is 6.18 Å². The van der Waals surface area contributed by atoms with E-state index >= 15 is 0 Å². The molecule has 37 heavy (non-hydrogen) atoms. The molecular weight excluding hydrogens is 530 g/mol. The normalized spacial score (nSPS) is 22.6. The topological polar surface area (TPSA) is 111 Å². The van der Waals surface area contributed by atoms with E-state index in [0.717, 1.165) is 31.4 Å². The lowest BCUT2D eigenvalue weighted by molar-refractivity contribution is -0.137. The molecule has 0 radical (unpaired) electrons. The first kappa shape index (κ1) is 25.8. The summed E-state index contributed by atoms with van der Waals surface area (Å²) in [6.07, 6.45) is 2.68. The highest BCUT2D eigenvalue weighted by molar-refractivity contribution is 6.39. The van der Waals surface area contributed by atoms with Gasteiger partial charge in [-0.3, -0.25) is 9.36 Å². The summed E-state index contributed by atoms with van der Waals surface area (Å²) in [5, 5.41) is 5.99. The molecule has 8 nitrogen and oxygen atoms in total. The number of nitrogens with one attached hydrogen (secondary N) is 2. The molecule has 0 aliphatic heterocycles. The molecule has 0 atom stereocenters. The van der Waals surface area contributed by atoms with E-state index in [1.54, 1.807) is 6.20 Å². The Morgan fingerprint density at radius 2 is 1.78 bits per heavy atom. The zero-order chi connectivity index (χ0) is 26.5. The third-order valence-corrected chi connectivity index (χ3v) is 8.09. The average Bonchev–Trinajstić information content (AvgIpc) is 3.15. The highest BCUT2D eigenvalue weighted by Gasteiger charge is 2.38. The van der Waals surface area contributed by atoms with Crippen LogP contribution < -0.4 is 16.4 Å². The van der Waals surface area contributed by atoms with Gasteiger partial charge in [-0.25, -0.2) is 9.97 Å². The van der Waals surface area contributed by atoms with Crippen LogP contribution in [0.1, 0.15) is 63.5 Å². The zero-order valence-electron chi connectivity index (χ0n) is 20.0. The Kier molecular flexibility index (Phi) is 6.64. The maximum absolute atomic E-state index is 13.2. The predicted molar refractivity (Wildman–Crippen MR) is 136 cm³/mol. The first-order chi connectivity index (χ1) is 17.4. The fourth-order valence-electron chi connectivity index (χ4n) is 4.84. The van der Waals surface area contributed by atoms with Crippen molar-refractivity contribution < 1.29 is 18.0 Å². The van der Waals surface area contributed by atoms with Crippen LogP contribution in [-0.4, -0.2) is 31.5 Å². The second kappa shape index (κ2) is 9.50. The molecule has 2 saturated carbocycles. The number of halogens is 5. The van der Waals surface area contributed by atoms with Crippen LogP contribution in [0.25, 0.3) is 11.2 Å². The maximum atomic E-state index is 13.2. The zero-order valence-corrected chi connectivity index (χ0v) is 21.5. The number of aromatic nitrogens is 4. The van der Waals surface area contributed by atoms with Crippen LogP contribution in [0.2, 0.25) is 10.0 Å². The fourth-order valence-corrected chi connectivity index (χ4v) is 5.42. The molecular formula is C24H26Cl2F3N7O. The van der Waals surface area contributed by atoms with E-state index in [9.17, 15) is 18.0 Å². The molecule has 2 aliphatic carbocycles. The van der Waals surface area contributed by atoms with E-state index in [4.69, 9.17) is 33.9 Å². The summed E-state index contributed by atoms with van der Waals surface area (Å²) >= 11 is 12.5. The van der Waals surface area contributed by atoms with Crippen LogP contribution in [0.4, 0.5) is 30.8 Å². The molecule has 198 valence electrons. The average molecular weight is 556 g/mol. The van der Waals surface area contributed by atoms with Gasteiger partial charge in [-0.05, 0) is 57.1 Å². The number of nitrogens with two attached hydrogens (primary N) is 1. The number of fused-ring (bicyclic) bond motifs is 1.